The van der Waals surface area contributed by atoms with Crippen LogP contribution in [0.5, 0.6) is 0 Å². The highest BCUT2D eigenvalue weighted by molar-refractivity contribution is 7.98. The van der Waals surface area contributed by atoms with Gasteiger partial charge in [-0.15, -0.1) is 0 Å². The molecule has 1 aromatic carbocycles. The van der Waals surface area contributed by atoms with Crippen LogP contribution in [0.15, 0.2) is 30.3 Å². The Balaban J connectivity index is 1.55. The highest BCUT2D eigenvalue weighted by Crippen LogP contribution is 2.43. The first-order chi connectivity index (χ1) is 9.32. The van der Waals surface area contributed by atoms with Crippen molar-refractivity contribution in [2.24, 2.45) is 5.92 Å². The zero-order chi connectivity index (χ0) is 13.1. The van der Waals surface area contributed by atoms with E-state index in [1.807, 2.05) is 11.8 Å². The lowest BCUT2D eigenvalue weighted by Crippen LogP contribution is -2.53. The lowest BCUT2D eigenvalue weighted by molar-refractivity contribution is 0.157. The lowest BCUT2D eigenvalue weighted by Gasteiger charge is -2.33. The Morgan fingerprint density at radius 2 is 1.89 bits per heavy atom. The van der Waals surface area contributed by atoms with Gasteiger partial charge in [0.25, 0.3) is 0 Å². The van der Waals surface area contributed by atoms with Crippen molar-refractivity contribution in [3.8, 4) is 0 Å². The molecule has 2 nitrogen and oxygen atoms in total. The molecule has 0 radical (unpaired) electrons. The molecule has 1 unspecified atom stereocenters. The molecule has 19 heavy (non-hydrogen) atoms. The summed E-state index contributed by atoms with van der Waals surface area (Å²) in [6, 6.07) is 11.3. The Morgan fingerprint density at radius 3 is 2.47 bits per heavy atom. The zero-order valence-electron chi connectivity index (χ0n) is 11.3. The van der Waals surface area contributed by atoms with Crippen LogP contribution in [0, 0.1) is 5.92 Å². The number of thioether (sulfide) groups is 1. The van der Waals surface area contributed by atoms with E-state index in [9.17, 15) is 5.11 Å². The second-order valence-corrected chi connectivity index (χ2v) is 6.97. The van der Waals surface area contributed by atoms with E-state index in [0.717, 1.165) is 11.5 Å². The number of aliphatic hydroxyl groups is 1. The van der Waals surface area contributed by atoms with Gasteiger partial charge in [0.15, 0.2) is 0 Å². The summed E-state index contributed by atoms with van der Waals surface area (Å²) >= 11 is 1.95. The summed E-state index contributed by atoms with van der Waals surface area (Å²) in [7, 11) is 0. The minimum absolute atomic E-state index is 0.0133. The fourth-order valence-corrected chi connectivity index (χ4v) is 4.00. The average Bonchev–Trinajstić information content (AvgIpc) is 3.31. The van der Waals surface area contributed by atoms with E-state index in [0.29, 0.717) is 12.0 Å². The number of aliphatic hydroxyl groups excluding tert-OH is 1. The number of hydrogen-bond donors (Lipinski definition) is 2. The van der Waals surface area contributed by atoms with E-state index in [-0.39, 0.29) is 12.1 Å². The number of nitrogens with one attached hydrogen (secondary N) is 1. The first kappa shape index (κ1) is 13.5. The van der Waals surface area contributed by atoms with Crippen LogP contribution in [0.3, 0.4) is 0 Å². The molecule has 3 rings (SSSR count). The Hall–Kier alpha value is -0.510. The molecule has 3 heteroatoms. The molecule has 1 atom stereocenters. The molecule has 104 valence electrons. The molecule has 2 N–H and O–H groups in total. The molecule has 2 aliphatic carbocycles. The van der Waals surface area contributed by atoms with Crippen LogP contribution in [-0.2, 0) is 5.75 Å². The summed E-state index contributed by atoms with van der Waals surface area (Å²) in [5.41, 5.74) is 1.36. The van der Waals surface area contributed by atoms with Crippen LogP contribution in [-0.4, -0.2) is 29.0 Å². The average molecular weight is 277 g/mol. The van der Waals surface area contributed by atoms with Gasteiger partial charge in [0.05, 0.1) is 12.1 Å². The maximum atomic E-state index is 9.88. The monoisotopic (exact) mass is 277 g/mol. The predicted molar refractivity (Wildman–Crippen MR) is 81.3 cm³/mol. The van der Waals surface area contributed by atoms with Gasteiger partial charge in [-0.3, -0.25) is 0 Å². The smallest absolute Gasteiger partial charge is 0.0624 e. The topological polar surface area (TPSA) is 32.3 Å². The van der Waals surface area contributed by atoms with Crippen molar-refractivity contribution in [2.75, 3.05) is 12.4 Å². The van der Waals surface area contributed by atoms with Gasteiger partial charge in [-0.2, -0.15) is 11.8 Å². The molecule has 1 aromatic rings. The zero-order valence-corrected chi connectivity index (χ0v) is 12.2. The molecule has 0 aromatic heterocycles. The van der Waals surface area contributed by atoms with Crippen LogP contribution < -0.4 is 5.32 Å². The fourth-order valence-electron chi connectivity index (χ4n) is 2.69. The van der Waals surface area contributed by atoms with Crippen molar-refractivity contribution in [3.63, 3.8) is 0 Å². The number of benzene rings is 1. The SMILES string of the molecule is OCC(CSCc1ccccc1)(NC1CC1)C1CC1. The maximum Gasteiger partial charge on any atom is 0.0624 e. The molecule has 2 fully saturated rings. The summed E-state index contributed by atoms with van der Waals surface area (Å²) in [6.45, 7) is 0.288. The summed E-state index contributed by atoms with van der Waals surface area (Å²) < 4.78 is 0. The van der Waals surface area contributed by atoms with Crippen molar-refractivity contribution in [1.29, 1.82) is 0 Å². The lowest BCUT2D eigenvalue weighted by atomic mass is 9.96. The number of hydrogen-bond acceptors (Lipinski definition) is 3. The summed E-state index contributed by atoms with van der Waals surface area (Å²) in [5.74, 6) is 2.77. The molecule has 2 saturated carbocycles. The number of rotatable bonds is 8. The van der Waals surface area contributed by atoms with Crippen molar-refractivity contribution < 1.29 is 5.11 Å². The van der Waals surface area contributed by atoms with Gasteiger partial charge >= 0.3 is 0 Å². The second kappa shape index (κ2) is 5.86. The molecular weight excluding hydrogens is 254 g/mol. The van der Waals surface area contributed by atoms with E-state index in [1.165, 1.54) is 31.2 Å². The first-order valence-electron chi connectivity index (χ1n) is 7.33. The van der Waals surface area contributed by atoms with E-state index >= 15 is 0 Å². The van der Waals surface area contributed by atoms with Crippen LogP contribution in [0.25, 0.3) is 0 Å². The third kappa shape index (κ3) is 3.53. The fraction of sp³-hybridized carbons (Fsp3) is 0.625. The molecule has 0 heterocycles. The van der Waals surface area contributed by atoms with Crippen molar-refractivity contribution in [2.45, 2.75) is 43.0 Å². The Labute approximate surface area is 120 Å². The van der Waals surface area contributed by atoms with Crippen LogP contribution in [0.1, 0.15) is 31.2 Å². The standard InChI is InChI=1S/C16H23NOS/c18-11-16(14-6-7-14,17-15-8-9-15)12-19-10-13-4-2-1-3-5-13/h1-5,14-15,17-18H,6-12H2. The molecule has 0 spiro atoms. The molecule has 0 saturated heterocycles. The second-order valence-electron chi connectivity index (χ2n) is 5.99. The van der Waals surface area contributed by atoms with Crippen molar-refractivity contribution >= 4 is 11.8 Å². The normalized spacial score (nSPS) is 22.2. The maximum absolute atomic E-state index is 9.88. The van der Waals surface area contributed by atoms with Gasteiger partial charge in [-0.1, -0.05) is 30.3 Å². The largest absolute Gasteiger partial charge is 0.394 e. The Kier molecular flexibility index (Phi) is 4.15. The van der Waals surface area contributed by atoms with Crippen LogP contribution in [0.4, 0.5) is 0 Å². The molecule has 0 aliphatic heterocycles. The van der Waals surface area contributed by atoms with Gasteiger partial charge in [0.2, 0.25) is 0 Å². The van der Waals surface area contributed by atoms with Gasteiger partial charge < -0.3 is 10.4 Å². The summed E-state index contributed by atoms with van der Waals surface area (Å²) in [5, 5.41) is 13.6. The quantitative estimate of drug-likeness (QED) is 0.766. The van der Waals surface area contributed by atoms with Gasteiger partial charge in [-0.05, 0) is 37.2 Å². The molecule has 0 amide bonds. The predicted octanol–water partition coefficient (Wildman–Crippen LogP) is 2.81. The van der Waals surface area contributed by atoms with Crippen LogP contribution >= 0.6 is 11.8 Å². The third-order valence-corrected chi connectivity index (χ3v) is 5.44. The van der Waals surface area contributed by atoms with Gasteiger partial charge in [0.1, 0.15) is 0 Å². The Bertz CT molecular complexity index is 402. The highest BCUT2D eigenvalue weighted by Gasteiger charge is 2.47. The minimum Gasteiger partial charge on any atom is -0.394 e. The van der Waals surface area contributed by atoms with Crippen LogP contribution in [0.2, 0.25) is 0 Å². The van der Waals surface area contributed by atoms with E-state index < -0.39 is 0 Å². The van der Waals surface area contributed by atoms with E-state index in [4.69, 9.17) is 0 Å². The van der Waals surface area contributed by atoms with E-state index in [2.05, 4.69) is 35.6 Å². The Morgan fingerprint density at radius 1 is 1.16 bits per heavy atom. The van der Waals surface area contributed by atoms with E-state index in [1.54, 1.807) is 0 Å². The molecule has 2 aliphatic rings. The van der Waals surface area contributed by atoms with Crippen molar-refractivity contribution in [3.05, 3.63) is 35.9 Å². The minimum atomic E-state index is -0.0133. The highest BCUT2D eigenvalue weighted by atomic mass is 32.2. The molecule has 0 bridgehead atoms. The third-order valence-electron chi connectivity index (χ3n) is 4.18. The van der Waals surface area contributed by atoms with Crippen molar-refractivity contribution in [1.82, 2.24) is 5.32 Å². The summed E-state index contributed by atoms with van der Waals surface area (Å²) in [4.78, 5) is 0. The van der Waals surface area contributed by atoms with Gasteiger partial charge in [0, 0.05) is 17.5 Å². The summed E-state index contributed by atoms with van der Waals surface area (Å²) in [6.07, 6.45) is 5.15. The van der Waals surface area contributed by atoms with Gasteiger partial charge in [-0.25, -0.2) is 0 Å². The molecular formula is C16H23NOS. The first-order valence-corrected chi connectivity index (χ1v) is 8.48.